The smallest absolute Gasteiger partial charge is 0.254 e. The number of hydrogen-bond acceptors (Lipinski definition) is 2. The average Bonchev–Trinajstić information content (AvgIpc) is 3.56. The Bertz CT molecular complexity index is 857. The minimum absolute atomic E-state index is 0.0434. The van der Waals surface area contributed by atoms with E-state index in [1.807, 2.05) is 6.92 Å². The SMILES string of the molecule is CC(c1ccccc1F)N(C(=O)c1ccc(NC(=O)C2CC2)cc1)C1CC1. The van der Waals surface area contributed by atoms with E-state index in [4.69, 9.17) is 0 Å². The van der Waals surface area contributed by atoms with Gasteiger partial charge in [0.1, 0.15) is 5.82 Å². The van der Waals surface area contributed by atoms with Crippen LogP contribution in [0.25, 0.3) is 0 Å². The van der Waals surface area contributed by atoms with Crippen molar-refractivity contribution in [2.24, 2.45) is 5.92 Å². The number of carbonyl (C=O) groups is 2. The van der Waals surface area contributed by atoms with Gasteiger partial charge in [0, 0.05) is 28.8 Å². The Balaban J connectivity index is 1.52. The van der Waals surface area contributed by atoms with Gasteiger partial charge in [0.2, 0.25) is 5.91 Å². The number of halogens is 1. The maximum absolute atomic E-state index is 14.2. The Kier molecular flexibility index (Phi) is 4.68. The first-order valence-corrected chi connectivity index (χ1v) is 9.52. The van der Waals surface area contributed by atoms with Gasteiger partial charge >= 0.3 is 0 Å². The fourth-order valence-corrected chi connectivity index (χ4v) is 3.41. The van der Waals surface area contributed by atoms with Crippen LogP contribution in [0.15, 0.2) is 48.5 Å². The van der Waals surface area contributed by atoms with Gasteiger partial charge in [-0.2, -0.15) is 0 Å². The Hall–Kier alpha value is -2.69. The molecule has 2 amide bonds. The van der Waals surface area contributed by atoms with Crippen molar-refractivity contribution in [2.45, 2.75) is 44.7 Å². The van der Waals surface area contributed by atoms with Crippen molar-refractivity contribution in [3.05, 3.63) is 65.5 Å². The molecule has 0 radical (unpaired) electrons. The molecule has 140 valence electrons. The monoisotopic (exact) mass is 366 g/mol. The van der Waals surface area contributed by atoms with Crippen LogP contribution in [0.4, 0.5) is 10.1 Å². The van der Waals surface area contributed by atoms with Crippen LogP contribution in [-0.4, -0.2) is 22.8 Å². The number of nitrogens with one attached hydrogen (secondary N) is 1. The van der Waals surface area contributed by atoms with Crippen LogP contribution >= 0.6 is 0 Å². The minimum atomic E-state index is -0.333. The Morgan fingerprint density at radius 1 is 1.04 bits per heavy atom. The van der Waals surface area contributed by atoms with E-state index in [0.717, 1.165) is 25.7 Å². The highest BCUT2D eigenvalue weighted by molar-refractivity contribution is 5.97. The Labute approximate surface area is 158 Å². The van der Waals surface area contributed by atoms with Crippen LogP contribution in [0, 0.1) is 11.7 Å². The van der Waals surface area contributed by atoms with Crippen molar-refractivity contribution in [1.29, 1.82) is 0 Å². The molecule has 0 heterocycles. The van der Waals surface area contributed by atoms with Gasteiger partial charge in [0.25, 0.3) is 5.91 Å². The second kappa shape index (κ2) is 7.14. The molecule has 1 N–H and O–H groups in total. The standard InChI is InChI=1S/C22H23FN2O2/c1-14(19-4-2-3-5-20(19)23)25(18-12-13-18)22(27)16-8-10-17(11-9-16)24-21(26)15-6-7-15/h2-5,8-11,14-15,18H,6-7,12-13H2,1H3,(H,24,26). The molecule has 2 aliphatic rings. The van der Waals surface area contributed by atoms with Gasteiger partial charge in [-0.1, -0.05) is 18.2 Å². The molecule has 0 aromatic heterocycles. The van der Waals surface area contributed by atoms with Gasteiger partial charge in [-0.05, 0) is 62.9 Å². The normalized spacial score (nSPS) is 17.3. The average molecular weight is 366 g/mol. The zero-order valence-electron chi connectivity index (χ0n) is 15.3. The van der Waals surface area contributed by atoms with E-state index >= 15 is 0 Å². The third kappa shape index (κ3) is 3.87. The highest BCUT2D eigenvalue weighted by Gasteiger charge is 2.37. The third-order valence-corrected chi connectivity index (χ3v) is 5.29. The Morgan fingerprint density at radius 2 is 1.70 bits per heavy atom. The molecular formula is C22H23FN2O2. The molecule has 4 nitrogen and oxygen atoms in total. The predicted molar refractivity (Wildman–Crippen MR) is 102 cm³/mol. The highest BCUT2D eigenvalue weighted by atomic mass is 19.1. The second-order valence-corrected chi connectivity index (χ2v) is 7.48. The summed E-state index contributed by atoms with van der Waals surface area (Å²) < 4.78 is 14.2. The summed E-state index contributed by atoms with van der Waals surface area (Å²) in [6.45, 7) is 1.87. The van der Waals surface area contributed by atoms with Gasteiger partial charge in [0.05, 0.1) is 6.04 Å². The van der Waals surface area contributed by atoms with E-state index in [0.29, 0.717) is 16.8 Å². The number of carbonyl (C=O) groups excluding carboxylic acids is 2. The van der Waals surface area contributed by atoms with E-state index in [9.17, 15) is 14.0 Å². The molecule has 27 heavy (non-hydrogen) atoms. The zero-order chi connectivity index (χ0) is 19.0. The maximum atomic E-state index is 14.2. The summed E-state index contributed by atoms with van der Waals surface area (Å²) in [5.74, 6) is -0.213. The molecule has 2 aliphatic carbocycles. The molecule has 1 atom stereocenters. The van der Waals surface area contributed by atoms with Crippen LogP contribution in [0.1, 0.15) is 54.6 Å². The molecule has 1 unspecified atom stereocenters. The van der Waals surface area contributed by atoms with Crippen LogP contribution in [0.5, 0.6) is 0 Å². The molecule has 0 saturated heterocycles. The number of amides is 2. The number of hydrogen-bond donors (Lipinski definition) is 1. The number of nitrogens with zero attached hydrogens (tertiary/aromatic N) is 1. The lowest BCUT2D eigenvalue weighted by atomic mass is 10.0. The zero-order valence-corrected chi connectivity index (χ0v) is 15.3. The molecule has 0 aliphatic heterocycles. The summed E-state index contributed by atoms with van der Waals surface area (Å²) in [7, 11) is 0. The lowest BCUT2D eigenvalue weighted by molar-refractivity contribution is -0.117. The third-order valence-electron chi connectivity index (χ3n) is 5.29. The van der Waals surface area contributed by atoms with E-state index in [1.54, 1.807) is 47.4 Å². The first-order chi connectivity index (χ1) is 13.0. The van der Waals surface area contributed by atoms with E-state index < -0.39 is 0 Å². The van der Waals surface area contributed by atoms with E-state index in [2.05, 4.69) is 5.32 Å². The quantitative estimate of drug-likeness (QED) is 0.816. The molecule has 2 saturated carbocycles. The summed E-state index contributed by atoms with van der Waals surface area (Å²) in [5.41, 5.74) is 1.78. The maximum Gasteiger partial charge on any atom is 0.254 e. The first kappa shape index (κ1) is 17.7. The van der Waals surface area contributed by atoms with Gasteiger partial charge in [0.15, 0.2) is 0 Å². The first-order valence-electron chi connectivity index (χ1n) is 9.52. The number of benzene rings is 2. The molecule has 0 bridgehead atoms. The molecular weight excluding hydrogens is 343 g/mol. The molecule has 5 heteroatoms. The van der Waals surface area contributed by atoms with Crippen molar-refractivity contribution in [2.75, 3.05) is 5.32 Å². The van der Waals surface area contributed by atoms with Crippen molar-refractivity contribution in [1.82, 2.24) is 4.90 Å². The second-order valence-electron chi connectivity index (χ2n) is 7.48. The summed E-state index contributed by atoms with van der Waals surface area (Å²) in [4.78, 5) is 26.8. The summed E-state index contributed by atoms with van der Waals surface area (Å²) in [5, 5.41) is 2.88. The number of anilines is 1. The van der Waals surface area contributed by atoms with Gasteiger partial charge in [-0.3, -0.25) is 9.59 Å². The van der Waals surface area contributed by atoms with Gasteiger partial charge in [-0.15, -0.1) is 0 Å². The Morgan fingerprint density at radius 3 is 2.30 bits per heavy atom. The summed E-state index contributed by atoms with van der Waals surface area (Å²) in [6, 6.07) is 13.4. The fourth-order valence-electron chi connectivity index (χ4n) is 3.41. The van der Waals surface area contributed by atoms with Crippen LogP contribution < -0.4 is 5.32 Å². The fraction of sp³-hybridized carbons (Fsp3) is 0.364. The lowest BCUT2D eigenvalue weighted by Gasteiger charge is -2.30. The molecule has 2 fully saturated rings. The van der Waals surface area contributed by atoms with E-state index in [1.165, 1.54) is 6.07 Å². The van der Waals surface area contributed by atoms with Gasteiger partial charge in [-0.25, -0.2) is 4.39 Å². The van der Waals surface area contributed by atoms with Crippen molar-refractivity contribution in [3.8, 4) is 0 Å². The molecule has 2 aromatic rings. The largest absolute Gasteiger partial charge is 0.329 e. The van der Waals surface area contributed by atoms with Crippen LogP contribution in [0.2, 0.25) is 0 Å². The molecule has 0 spiro atoms. The van der Waals surface area contributed by atoms with Gasteiger partial charge < -0.3 is 10.2 Å². The van der Waals surface area contributed by atoms with E-state index in [-0.39, 0.29) is 35.6 Å². The predicted octanol–water partition coefficient (Wildman–Crippen LogP) is 4.54. The van der Waals surface area contributed by atoms with Crippen molar-refractivity contribution >= 4 is 17.5 Å². The topological polar surface area (TPSA) is 49.4 Å². The summed E-state index contributed by atoms with van der Waals surface area (Å²) >= 11 is 0. The molecule has 4 rings (SSSR count). The van der Waals surface area contributed by atoms with Crippen LogP contribution in [0.3, 0.4) is 0 Å². The summed E-state index contributed by atoms with van der Waals surface area (Å²) in [6.07, 6.45) is 3.79. The van der Waals surface area contributed by atoms with Crippen molar-refractivity contribution < 1.29 is 14.0 Å². The number of rotatable bonds is 6. The lowest BCUT2D eigenvalue weighted by Crippen LogP contribution is -2.36. The minimum Gasteiger partial charge on any atom is -0.329 e. The highest BCUT2D eigenvalue weighted by Crippen LogP contribution is 2.36. The molecule has 2 aromatic carbocycles. The van der Waals surface area contributed by atoms with Crippen LogP contribution in [-0.2, 0) is 4.79 Å². The van der Waals surface area contributed by atoms with Crippen molar-refractivity contribution in [3.63, 3.8) is 0 Å².